The zero-order valence-electron chi connectivity index (χ0n) is 11.1. The smallest absolute Gasteiger partial charge is 0.0477 e. The molecule has 2 heteroatoms. The molecule has 2 nitrogen and oxygen atoms in total. The van der Waals surface area contributed by atoms with Crippen LogP contribution in [0.5, 0.6) is 0 Å². The number of methoxy groups -OCH3 is 1. The van der Waals surface area contributed by atoms with E-state index in [1.54, 1.807) is 7.11 Å². The molecule has 0 heterocycles. The molecule has 2 aromatic carbocycles. The van der Waals surface area contributed by atoms with Crippen molar-refractivity contribution in [3.63, 3.8) is 0 Å². The first kappa shape index (κ1) is 13.1. The number of hydrogen-bond donors (Lipinski definition) is 1. The Morgan fingerprint density at radius 3 is 2.67 bits per heavy atom. The molecule has 1 N–H and O–H groups in total. The van der Waals surface area contributed by atoms with Gasteiger partial charge >= 0.3 is 0 Å². The topological polar surface area (TPSA) is 21.3 Å². The Hall–Kier alpha value is -1.38. The average molecular weight is 243 g/mol. The van der Waals surface area contributed by atoms with Gasteiger partial charge in [0.05, 0.1) is 0 Å². The summed E-state index contributed by atoms with van der Waals surface area (Å²) in [6, 6.07) is 15.6. The van der Waals surface area contributed by atoms with Crippen molar-refractivity contribution in [1.82, 2.24) is 5.32 Å². The van der Waals surface area contributed by atoms with Crippen LogP contribution in [-0.4, -0.2) is 26.8 Å². The fourth-order valence-electron chi connectivity index (χ4n) is 2.34. The molecule has 1 unspecified atom stereocenters. The number of nitrogens with one attached hydrogen (secondary N) is 1. The van der Waals surface area contributed by atoms with E-state index in [0.717, 1.165) is 19.4 Å². The Morgan fingerprint density at radius 1 is 1.11 bits per heavy atom. The number of fused-ring (bicyclic) bond motifs is 1. The van der Waals surface area contributed by atoms with Gasteiger partial charge in [0.2, 0.25) is 0 Å². The molecule has 0 aliphatic heterocycles. The van der Waals surface area contributed by atoms with Crippen molar-refractivity contribution in [3.05, 3.63) is 48.0 Å². The highest BCUT2D eigenvalue weighted by atomic mass is 16.5. The van der Waals surface area contributed by atoms with E-state index in [-0.39, 0.29) is 0 Å². The zero-order chi connectivity index (χ0) is 12.8. The quantitative estimate of drug-likeness (QED) is 0.842. The van der Waals surface area contributed by atoms with Crippen molar-refractivity contribution in [1.29, 1.82) is 0 Å². The van der Waals surface area contributed by atoms with E-state index in [2.05, 4.69) is 47.8 Å². The number of likely N-dealkylation sites (N-methyl/N-ethyl adjacent to an activating group) is 1. The van der Waals surface area contributed by atoms with E-state index >= 15 is 0 Å². The van der Waals surface area contributed by atoms with E-state index in [9.17, 15) is 0 Å². The summed E-state index contributed by atoms with van der Waals surface area (Å²) in [5, 5.41) is 6.05. The maximum atomic E-state index is 5.16. The molecule has 0 bridgehead atoms. The summed E-state index contributed by atoms with van der Waals surface area (Å²) in [6.07, 6.45) is 2.08. The maximum Gasteiger partial charge on any atom is 0.0477 e. The van der Waals surface area contributed by atoms with Gasteiger partial charge in [-0.1, -0.05) is 42.5 Å². The Kier molecular flexibility index (Phi) is 4.73. The summed E-state index contributed by atoms with van der Waals surface area (Å²) in [4.78, 5) is 0. The zero-order valence-corrected chi connectivity index (χ0v) is 11.1. The summed E-state index contributed by atoms with van der Waals surface area (Å²) in [5.74, 6) is 0. The van der Waals surface area contributed by atoms with Crippen molar-refractivity contribution in [3.8, 4) is 0 Å². The normalized spacial score (nSPS) is 12.8. The highest BCUT2D eigenvalue weighted by Crippen LogP contribution is 2.20. The number of benzene rings is 2. The Morgan fingerprint density at radius 2 is 1.89 bits per heavy atom. The van der Waals surface area contributed by atoms with Crippen LogP contribution in [0.1, 0.15) is 12.0 Å². The van der Waals surface area contributed by atoms with Gasteiger partial charge in [-0.05, 0) is 36.2 Å². The van der Waals surface area contributed by atoms with Crippen LogP contribution in [0, 0.1) is 0 Å². The SMILES string of the molecule is CNC(CCOC)Cc1cccc2ccccc12. The van der Waals surface area contributed by atoms with Gasteiger partial charge in [-0.25, -0.2) is 0 Å². The predicted molar refractivity (Wildman–Crippen MR) is 77.0 cm³/mol. The predicted octanol–water partition coefficient (Wildman–Crippen LogP) is 3.01. The van der Waals surface area contributed by atoms with Crippen LogP contribution in [0.2, 0.25) is 0 Å². The molecular formula is C16H21NO. The third-order valence-corrected chi connectivity index (χ3v) is 3.42. The number of hydrogen-bond acceptors (Lipinski definition) is 2. The monoisotopic (exact) mass is 243 g/mol. The van der Waals surface area contributed by atoms with E-state index < -0.39 is 0 Å². The lowest BCUT2D eigenvalue weighted by atomic mass is 9.97. The van der Waals surface area contributed by atoms with Gasteiger partial charge in [0, 0.05) is 19.8 Å². The van der Waals surface area contributed by atoms with Crippen LogP contribution >= 0.6 is 0 Å². The summed E-state index contributed by atoms with van der Waals surface area (Å²) in [6.45, 7) is 0.802. The van der Waals surface area contributed by atoms with Gasteiger partial charge in [0.25, 0.3) is 0 Å². The molecule has 2 rings (SSSR count). The minimum atomic E-state index is 0.468. The molecule has 0 aliphatic rings. The number of ether oxygens (including phenoxy) is 1. The molecular weight excluding hydrogens is 222 g/mol. The Labute approximate surface area is 109 Å². The molecule has 0 saturated carbocycles. The summed E-state index contributed by atoms with van der Waals surface area (Å²) >= 11 is 0. The second-order valence-corrected chi connectivity index (χ2v) is 4.61. The lowest BCUT2D eigenvalue weighted by Crippen LogP contribution is -2.28. The highest BCUT2D eigenvalue weighted by Gasteiger charge is 2.09. The van der Waals surface area contributed by atoms with E-state index in [0.29, 0.717) is 6.04 Å². The first-order chi connectivity index (χ1) is 8.85. The summed E-state index contributed by atoms with van der Waals surface area (Å²) in [7, 11) is 3.77. The molecule has 2 aromatic rings. The lowest BCUT2D eigenvalue weighted by molar-refractivity contribution is 0.184. The second kappa shape index (κ2) is 6.53. The standard InChI is InChI=1S/C16H21NO/c1-17-15(10-11-18-2)12-14-8-5-7-13-6-3-4-9-16(13)14/h3-9,15,17H,10-12H2,1-2H3. The van der Waals surface area contributed by atoms with Gasteiger partial charge in [-0.2, -0.15) is 0 Å². The van der Waals surface area contributed by atoms with Crippen molar-refractivity contribution in [2.75, 3.05) is 20.8 Å². The molecule has 0 saturated heterocycles. The van der Waals surface area contributed by atoms with E-state index in [4.69, 9.17) is 4.74 Å². The molecule has 0 radical (unpaired) electrons. The van der Waals surface area contributed by atoms with Gasteiger partial charge in [0.15, 0.2) is 0 Å². The van der Waals surface area contributed by atoms with Crippen LogP contribution < -0.4 is 5.32 Å². The molecule has 0 amide bonds. The van der Waals surface area contributed by atoms with Crippen molar-refractivity contribution in [2.24, 2.45) is 0 Å². The van der Waals surface area contributed by atoms with Crippen LogP contribution in [-0.2, 0) is 11.2 Å². The fourth-order valence-corrected chi connectivity index (χ4v) is 2.34. The Balaban J connectivity index is 2.19. The van der Waals surface area contributed by atoms with Crippen molar-refractivity contribution in [2.45, 2.75) is 18.9 Å². The molecule has 0 aromatic heterocycles. The second-order valence-electron chi connectivity index (χ2n) is 4.61. The first-order valence-corrected chi connectivity index (χ1v) is 6.48. The average Bonchev–Trinajstić information content (AvgIpc) is 2.43. The van der Waals surface area contributed by atoms with Crippen LogP contribution in [0.4, 0.5) is 0 Å². The van der Waals surface area contributed by atoms with Gasteiger partial charge in [-0.3, -0.25) is 0 Å². The Bertz CT molecular complexity index is 490. The maximum absolute atomic E-state index is 5.16. The lowest BCUT2D eigenvalue weighted by Gasteiger charge is -2.17. The van der Waals surface area contributed by atoms with Crippen molar-refractivity contribution < 1.29 is 4.74 Å². The van der Waals surface area contributed by atoms with Crippen LogP contribution in [0.15, 0.2) is 42.5 Å². The van der Waals surface area contributed by atoms with Crippen molar-refractivity contribution >= 4 is 10.8 Å². The summed E-state index contributed by atoms with van der Waals surface area (Å²) in [5.41, 5.74) is 1.41. The fraction of sp³-hybridized carbons (Fsp3) is 0.375. The van der Waals surface area contributed by atoms with Gasteiger partial charge < -0.3 is 10.1 Å². The molecule has 0 spiro atoms. The van der Waals surface area contributed by atoms with Gasteiger partial charge in [-0.15, -0.1) is 0 Å². The third-order valence-electron chi connectivity index (χ3n) is 3.42. The molecule has 96 valence electrons. The largest absolute Gasteiger partial charge is 0.385 e. The molecule has 0 aliphatic carbocycles. The molecule has 18 heavy (non-hydrogen) atoms. The van der Waals surface area contributed by atoms with Crippen LogP contribution in [0.25, 0.3) is 10.8 Å². The first-order valence-electron chi connectivity index (χ1n) is 6.48. The van der Waals surface area contributed by atoms with Crippen LogP contribution in [0.3, 0.4) is 0 Å². The third kappa shape index (κ3) is 3.09. The highest BCUT2D eigenvalue weighted by molar-refractivity contribution is 5.85. The number of rotatable bonds is 6. The summed E-state index contributed by atoms with van der Waals surface area (Å²) < 4.78 is 5.16. The van der Waals surface area contributed by atoms with E-state index in [1.807, 2.05) is 7.05 Å². The van der Waals surface area contributed by atoms with Gasteiger partial charge in [0.1, 0.15) is 0 Å². The molecule has 0 fully saturated rings. The minimum absolute atomic E-state index is 0.468. The minimum Gasteiger partial charge on any atom is -0.385 e. The molecule has 1 atom stereocenters. The van der Waals surface area contributed by atoms with E-state index in [1.165, 1.54) is 16.3 Å².